The number of hydrogen-bond acceptors (Lipinski definition) is 4. The minimum Gasteiger partial charge on any atom is -0.497 e. The lowest BCUT2D eigenvalue weighted by Crippen LogP contribution is -2.11. The summed E-state index contributed by atoms with van der Waals surface area (Å²) in [6, 6.07) is 19.6. The molecule has 0 atom stereocenters. The number of furan rings is 1. The predicted octanol–water partition coefficient (Wildman–Crippen LogP) is 5.54. The van der Waals surface area contributed by atoms with Crippen LogP contribution in [-0.2, 0) is 0 Å². The van der Waals surface area contributed by atoms with Crippen LogP contribution in [0.4, 0.5) is 5.69 Å². The Morgan fingerprint density at radius 1 is 0.867 bits per heavy atom. The highest BCUT2D eigenvalue weighted by molar-refractivity contribution is 6.11. The minimum absolute atomic E-state index is 0.160. The van der Waals surface area contributed by atoms with Crippen molar-refractivity contribution in [1.29, 1.82) is 0 Å². The zero-order valence-electron chi connectivity index (χ0n) is 17.0. The number of methoxy groups -OCH3 is 1. The van der Waals surface area contributed by atoms with Crippen LogP contribution >= 0.6 is 0 Å². The molecule has 1 heterocycles. The molecule has 0 aliphatic rings. The summed E-state index contributed by atoms with van der Waals surface area (Å²) < 4.78 is 11.0. The third-order valence-electron chi connectivity index (χ3n) is 5.07. The third kappa shape index (κ3) is 3.70. The number of carbonyl (C=O) groups excluding carboxylic acids is 2. The van der Waals surface area contributed by atoms with Crippen molar-refractivity contribution in [3.63, 3.8) is 0 Å². The van der Waals surface area contributed by atoms with Crippen molar-refractivity contribution in [1.82, 2.24) is 0 Å². The molecule has 0 aliphatic carbocycles. The number of benzene rings is 3. The molecule has 0 unspecified atom stereocenters. The molecule has 4 rings (SSSR count). The number of amides is 1. The van der Waals surface area contributed by atoms with E-state index in [2.05, 4.69) is 5.32 Å². The summed E-state index contributed by atoms with van der Waals surface area (Å²) in [5, 5.41) is 3.67. The van der Waals surface area contributed by atoms with Gasteiger partial charge in [-0.25, -0.2) is 0 Å². The van der Waals surface area contributed by atoms with E-state index >= 15 is 0 Å². The van der Waals surface area contributed by atoms with Crippen LogP contribution in [0.25, 0.3) is 11.0 Å². The molecule has 0 aliphatic heterocycles. The van der Waals surface area contributed by atoms with Gasteiger partial charge in [-0.1, -0.05) is 29.8 Å². The molecule has 150 valence electrons. The normalized spacial score (nSPS) is 10.8. The fourth-order valence-corrected chi connectivity index (χ4v) is 3.30. The van der Waals surface area contributed by atoms with Crippen LogP contribution in [0.5, 0.6) is 5.75 Å². The molecule has 1 N–H and O–H groups in total. The highest BCUT2D eigenvalue weighted by Crippen LogP contribution is 2.29. The van der Waals surface area contributed by atoms with E-state index in [9.17, 15) is 9.59 Å². The van der Waals surface area contributed by atoms with Gasteiger partial charge in [-0.15, -0.1) is 0 Å². The smallest absolute Gasteiger partial charge is 0.255 e. The summed E-state index contributed by atoms with van der Waals surface area (Å²) >= 11 is 0. The van der Waals surface area contributed by atoms with Gasteiger partial charge in [0.25, 0.3) is 5.91 Å². The molecule has 0 saturated carbocycles. The Balaban J connectivity index is 1.61. The zero-order valence-corrected chi connectivity index (χ0v) is 17.0. The maximum Gasteiger partial charge on any atom is 0.255 e. The Labute approximate surface area is 174 Å². The van der Waals surface area contributed by atoms with Crippen molar-refractivity contribution in [2.45, 2.75) is 13.8 Å². The number of hydrogen-bond donors (Lipinski definition) is 1. The monoisotopic (exact) mass is 399 g/mol. The summed E-state index contributed by atoms with van der Waals surface area (Å²) in [6.07, 6.45) is 0. The van der Waals surface area contributed by atoms with E-state index < -0.39 is 0 Å². The van der Waals surface area contributed by atoms with E-state index in [-0.39, 0.29) is 11.7 Å². The van der Waals surface area contributed by atoms with E-state index in [0.717, 1.165) is 16.5 Å². The second-order valence-electron chi connectivity index (χ2n) is 7.14. The lowest BCUT2D eigenvalue weighted by atomic mass is 10.0. The summed E-state index contributed by atoms with van der Waals surface area (Å²) in [7, 11) is 1.58. The van der Waals surface area contributed by atoms with Gasteiger partial charge in [-0.2, -0.15) is 0 Å². The first-order valence-electron chi connectivity index (χ1n) is 9.56. The van der Waals surface area contributed by atoms with Gasteiger partial charge < -0.3 is 14.5 Å². The van der Waals surface area contributed by atoms with Gasteiger partial charge in [0.2, 0.25) is 5.78 Å². The molecule has 3 aromatic carbocycles. The lowest BCUT2D eigenvalue weighted by molar-refractivity contribution is 0.101. The first-order valence-corrected chi connectivity index (χ1v) is 9.56. The quantitative estimate of drug-likeness (QED) is 0.447. The molecule has 5 nitrogen and oxygen atoms in total. The number of fused-ring (bicyclic) bond motifs is 1. The van der Waals surface area contributed by atoms with E-state index in [4.69, 9.17) is 9.15 Å². The van der Waals surface area contributed by atoms with Crippen molar-refractivity contribution in [3.05, 3.63) is 94.7 Å². The fraction of sp³-hybridized carbons (Fsp3) is 0.120. The number of rotatable bonds is 5. The number of anilines is 1. The SMILES string of the molecule is COc1ccc(C(=O)Nc2ccc3oc(C(=O)c4ccc(C)cc4)c(C)c3c2)cc1. The molecule has 0 spiro atoms. The molecular formula is C25H21NO4. The van der Waals surface area contributed by atoms with E-state index in [1.807, 2.05) is 32.0 Å². The lowest BCUT2D eigenvalue weighted by Gasteiger charge is -2.06. The number of carbonyl (C=O) groups is 2. The molecular weight excluding hydrogens is 378 g/mol. The summed E-state index contributed by atoms with van der Waals surface area (Å²) in [6.45, 7) is 3.82. The van der Waals surface area contributed by atoms with Gasteiger partial charge in [0, 0.05) is 27.8 Å². The molecule has 5 heteroatoms. The van der Waals surface area contributed by atoms with Crippen LogP contribution in [0.1, 0.15) is 37.6 Å². The van der Waals surface area contributed by atoms with Gasteiger partial charge in [-0.05, 0) is 56.3 Å². The van der Waals surface area contributed by atoms with Crippen molar-refractivity contribution >= 4 is 28.3 Å². The van der Waals surface area contributed by atoms with Crippen LogP contribution in [0.15, 0.2) is 71.1 Å². The zero-order chi connectivity index (χ0) is 21.3. The average Bonchev–Trinajstić information content (AvgIpc) is 3.10. The highest BCUT2D eigenvalue weighted by atomic mass is 16.5. The molecule has 0 radical (unpaired) electrons. The number of aryl methyl sites for hydroxylation is 2. The van der Waals surface area contributed by atoms with Crippen molar-refractivity contribution in [2.24, 2.45) is 0 Å². The molecule has 1 amide bonds. The third-order valence-corrected chi connectivity index (χ3v) is 5.07. The first-order chi connectivity index (χ1) is 14.5. The van der Waals surface area contributed by atoms with Gasteiger partial charge in [0.15, 0.2) is 5.76 Å². The van der Waals surface area contributed by atoms with E-state index in [0.29, 0.717) is 33.9 Å². The van der Waals surface area contributed by atoms with Crippen molar-refractivity contribution in [2.75, 3.05) is 12.4 Å². The molecule has 0 fully saturated rings. The number of ether oxygens (including phenoxy) is 1. The summed E-state index contributed by atoms with van der Waals surface area (Å²) in [5.74, 6) is 0.613. The number of nitrogens with one attached hydrogen (secondary N) is 1. The maximum atomic E-state index is 12.9. The van der Waals surface area contributed by atoms with Gasteiger partial charge >= 0.3 is 0 Å². The Kier molecular flexibility index (Phi) is 5.11. The molecule has 1 aromatic heterocycles. The summed E-state index contributed by atoms with van der Waals surface area (Å²) in [5.41, 5.74) is 4.17. The van der Waals surface area contributed by atoms with E-state index in [1.165, 1.54) is 0 Å². The van der Waals surface area contributed by atoms with Crippen LogP contribution in [0, 0.1) is 13.8 Å². The Morgan fingerprint density at radius 2 is 1.53 bits per heavy atom. The Morgan fingerprint density at radius 3 is 2.20 bits per heavy atom. The molecule has 30 heavy (non-hydrogen) atoms. The second-order valence-corrected chi connectivity index (χ2v) is 7.14. The minimum atomic E-state index is -0.228. The highest BCUT2D eigenvalue weighted by Gasteiger charge is 2.19. The van der Waals surface area contributed by atoms with Crippen molar-refractivity contribution < 1.29 is 18.7 Å². The molecule has 4 aromatic rings. The molecule has 0 bridgehead atoms. The van der Waals surface area contributed by atoms with Crippen LogP contribution < -0.4 is 10.1 Å². The Hall–Kier alpha value is -3.86. The predicted molar refractivity (Wildman–Crippen MR) is 117 cm³/mol. The first kappa shape index (κ1) is 19.5. The maximum absolute atomic E-state index is 12.9. The standard InChI is InChI=1S/C25H21NO4/c1-15-4-6-17(7-5-15)23(27)24-16(2)21-14-19(10-13-22(21)30-24)26-25(28)18-8-11-20(29-3)12-9-18/h4-14H,1-3H3,(H,26,28). The van der Waals surface area contributed by atoms with Crippen LogP contribution in [0.3, 0.4) is 0 Å². The Bertz CT molecular complexity index is 1230. The van der Waals surface area contributed by atoms with Gasteiger partial charge in [-0.3, -0.25) is 9.59 Å². The van der Waals surface area contributed by atoms with Crippen molar-refractivity contribution in [3.8, 4) is 5.75 Å². The average molecular weight is 399 g/mol. The van der Waals surface area contributed by atoms with E-state index in [1.54, 1.807) is 55.6 Å². The topological polar surface area (TPSA) is 68.5 Å². The fourth-order valence-electron chi connectivity index (χ4n) is 3.30. The molecule has 0 saturated heterocycles. The number of ketones is 1. The summed E-state index contributed by atoms with van der Waals surface area (Å²) in [4.78, 5) is 25.4. The van der Waals surface area contributed by atoms with Crippen LogP contribution in [0.2, 0.25) is 0 Å². The largest absolute Gasteiger partial charge is 0.497 e. The second kappa shape index (κ2) is 7.87. The van der Waals surface area contributed by atoms with Gasteiger partial charge in [0.1, 0.15) is 11.3 Å². The van der Waals surface area contributed by atoms with Gasteiger partial charge in [0.05, 0.1) is 7.11 Å². The van der Waals surface area contributed by atoms with Crippen LogP contribution in [-0.4, -0.2) is 18.8 Å².